The number of ether oxygens (including phenoxy) is 2. The number of methoxy groups -OCH3 is 2. The van der Waals surface area contributed by atoms with Crippen LogP contribution in [0.4, 0.5) is 0 Å². The lowest BCUT2D eigenvalue weighted by Crippen LogP contribution is -2.50. The highest BCUT2D eigenvalue weighted by atomic mass is 16.5. The summed E-state index contributed by atoms with van der Waals surface area (Å²) in [4.78, 5) is 47.3. The van der Waals surface area contributed by atoms with E-state index < -0.39 is 41.7 Å². The number of esters is 2. The quantitative estimate of drug-likeness (QED) is 0.492. The first kappa shape index (κ1) is 19.9. The highest BCUT2D eigenvalue weighted by molar-refractivity contribution is 5.96. The highest BCUT2D eigenvalue weighted by Crippen LogP contribution is 2.27. The number of carbonyl (C=O) groups excluding carboxylic acids is 3. The van der Waals surface area contributed by atoms with Crippen molar-refractivity contribution < 1.29 is 33.8 Å². The second-order valence-electron chi connectivity index (χ2n) is 6.12. The number of carboxylic acids is 1. The fourth-order valence-electron chi connectivity index (χ4n) is 3.10. The summed E-state index contributed by atoms with van der Waals surface area (Å²) in [6.45, 7) is 1.40. The summed E-state index contributed by atoms with van der Waals surface area (Å²) in [5.74, 6) is -5.69. The minimum Gasteiger partial charge on any atom is -0.480 e. The predicted octanol–water partition coefficient (Wildman–Crippen LogP) is 0.734. The molecule has 0 aromatic carbocycles. The normalized spacial score (nSPS) is 17.2. The Hall–Kier alpha value is -2.12. The summed E-state index contributed by atoms with van der Waals surface area (Å²) in [6, 6.07) is -1.39. The minimum absolute atomic E-state index is 0.248. The number of hydrogen-bond donors (Lipinski definition) is 2. The molecule has 2 N–H and O–H groups in total. The third-order valence-corrected chi connectivity index (χ3v) is 4.49. The van der Waals surface area contributed by atoms with E-state index in [1.54, 1.807) is 0 Å². The molecule has 136 valence electrons. The zero-order valence-corrected chi connectivity index (χ0v) is 14.2. The fourth-order valence-corrected chi connectivity index (χ4v) is 3.10. The van der Waals surface area contributed by atoms with E-state index in [4.69, 9.17) is 0 Å². The topological polar surface area (TPSA) is 119 Å². The van der Waals surface area contributed by atoms with Crippen LogP contribution in [0.25, 0.3) is 0 Å². The van der Waals surface area contributed by atoms with Crippen molar-refractivity contribution in [2.45, 2.75) is 45.1 Å². The van der Waals surface area contributed by atoms with Gasteiger partial charge < -0.3 is 19.9 Å². The number of rotatable bonds is 8. The summed E-state index contributed by atoms with van der Waals surface area (Å²) in [5.41, 5.74) is 0. The van der Waals surface area contributed by atoms with Crippen LogP contribution in [0.15, 0.2) is 0 Å². The molecular weight excluding hydrogens is 318 g/mol. The third-order valence-electron chi connectivity index (χ3n) is 4.49. The maximum atomic E-state index is 12.1. The molecule has 1 amide bonds. The maximum Gasteiger partial charge on any atom is 0.326 e. The SMILES string of the molecule is COC(=O)C(C(=O)OC)[C@@H](C)[C@H](NC(=O)CC1CCCC1)C(=O)O. The van der Waals surface area contributed by atoms with E-state index in [0.29, 0.717) is 0 Å². The number of amides is 1. The largest absolute Gasteiger partial charge is 0.480 e. The van der Waals surface area contributed by atoms with E-state index in [1.165, 1.54) is 6.92 Å². The summed E-state index contributed by atoms with van der Waals surface area (Å²) < 4.78 is 9.11. The van der Waals surface area contributed by atoms with Crippen molar-refractivity contribution in [1.82, 2.24) is 5.32 Å². The molecule has 1 aliphatic rings. The first-order valence-electron chi connectivity index (χ1n) is 7.99. The van der Waals surface area contributed by atoms with Crippen molar-refractivity contribution in [2.24, 2.45) is 17.8 Å². The summed E-state index contributed by atoms with van der Waals surface area (Å²) in [7, 11) is 2.19. The van der Waals surface area contributed by atoms with Crippen LogP contribution in [0.3, 0.4) is 0 Å². The van der Waals surface area contributed by atoms with Crippen molar-refractivity contribution in [1.29, 1.82) is 0 Å². The van der Waals surface area contributed by atoms with E-state index in [9.17, 15) is 24.3 Å². The number of hydrogen-bond acceptors (Lipinski definition) is 6. The van der Waals surface area contributed by atoms with Crippen LogP contribution < -0.4 is 5.32 Å². The standard InChI is InChI=1S/C16H25NO7/c1-9(12(15(21)23-2)16(22)24-3)13(14(19)20)17-11(18)8-10-6-4-5-7-10/h9-10,12-13H,4-8H2,1-3H3,(H,17,18)(H,19,20)/t9-,13+/m1/s1. The molecule has 1 rings (SSSR count). The molecule has 24 heavy (non-hydrogen) atoms. The van der Waals surface area contributed by atoms with Gasteiger partial charge in [0.2, 0.25) is 5.91 Å². The maximum absolute atomic E-state index is 12.1. The molecule has 0 unspecified atom stereocenters. The van der Waals surface area contributed by atoms with Gasteiger partial charge in [-0.25, -0.2) is 4.79 Å². The summed E-state index contributed by atoms with van der Waals surface area (Å²) in [6.07, 6.45) is 4.30. The predicted molar refractivity (Wildman–Crippen MR) is 82.8 cm³/mol. The van der Waals surface area contributed by atoms with Crippen LogP contribution in [-0.2, 0) is 28.7 Å². The van der Waals surface area contributed by atoms with Gasteiger partial charge in [-0.15, -0.1) is 0 Å². The number of carbonyl (C=O) groups is 4. The van der Waals surface area contributed by atoms with E-state index >= 15 is 0 Å². The molecule has 1 aliphatic carbocycles. The average molecular weight is 343 g/mol. The second kappa shape index (κ2) is 9.24. The van der Waals surface area contributed by atoms with Crippen LogP contribution in [0.1, 0.15) is 39.0 Å². The average Bonchev–Trinajstić information content (AvgIpc) is 3.04. The number of aliphatic carboxylic acids is 1. The van der Waals surface area contributed by atoms with E-state index in [0.717, 1.165) is 39.9 Å². The van der Waals surface area contributed by atoms with Crippen molar-refractivity contribution >= 4 is 23.8 Å². The molecule has 0 aliphatic heterocycles. The van der Waals surface area contributed by atoms with Gasteiger partial charge in [-0.3, -0.25) is 14.4 Å². The van der Waals surface area contributed by atoms with Gasteiger partial charge in [0.1, 0.15) is 6.04 Å². The van der Waals surface area contributed by atoms with E-state index in [-0.39, 0.29) is 12.3 Å². The summed E-state index contributed by atoms with van der Waals surface area (Å²) in [5, 5.41) is 11.8. The van der Waals surface area contributed by atoms with Gasteiger partial charge in [0.05, 0.1) is 14.2 Å². The molecule has 8 heteroatoms. The Morgan fingerprint density at radius 1 is 1.08 bits per heavy atom. The Kier molecular flexibility index (Phi) is 7.67. The monoisotopic (exact) mass is 343 g/mol. The Bertz CT molecular complexity index is 469. The van der Waals surface area contributed by atoms with Gasteiger partial charge in [0, 0.05) is 12.3 Å². The molecule has 0 aromatic heterocycles. The van der Waals surface area contributed by atoms with Crippen LogP contribution in [0.2, 0.25) is 0 Å². The molecule has 0 spiro atoms. The van der Waals surface area contributed by atoms with Crippen LogP contribution in [0, 0.1) is 17.8 Å². The highest BCUT2D eigenvalue weighted by Gasteiger charge is 2.42. The van der Waals surface area contributed by atoms with Crippen molar-refractivity contribution in [3.63, 3.8) is 0 Å². The lowest BCUT2D eigenvalue weighted by atomic mass is 9.87. The van der Waals surface area contributed by atoms with Crippen molar-refractivity contribution in [2.75, 3.05) is 14.2 Å². The Balaban J connectivity index is 2.83. The van der Waals surface area contributed by atoms with Crippen LogP contribution >= 0.6 is 0 Å². The Labute approximate surface area is 140 Å². The van der Waals surface area contributed by atoms with Gasteiger partial charge in [-0.05, 0) is 18.8 Å². The lowest BCUT2D eigenvalue weighted by Gasteiger charge is -2.26. The molecule has 1 fully saturated rings. The zero-order valence-electron chi connectivity index (χ0n) is 14.2. The molecule has 0 saturated heterocycles. The van der Waals surface area contributed by atoms with Crippen LogP contribution in [0.5, 0.6) is 0 Å². The molecule has 8 nitrogen and oxygen atoms in total. The van der Waals surface area contributed by atoms with Crippen molar-refractivity contribution in [3.8, 4) is 0 Å². The zero-order chi connectivity index (χ0) is 18.3. The van der Waals surface area contributed by atoms with Gasteiger partial charge in [0.15, 0.2) is 5.92 Å². The second-order valence-corrected chi connectivity index (χ2v) is 6.12. The molecule has 2 atom stereocenters. The molecule has 0 aromatic rings. The minimum atomic E-state index is -1.42. The molecule has 0 bridgehead atoms. The lowest BCUT2D eigenvalue weighted by molar-refractivity contribution is -0.163. The van der Waals surface area contributed by atoms with Crippen molar-refractivity contribution in [3.05, 3.63) is 0 Å². The Morgan fingerprint density at radius 2 is 1.58 bits per heavy atom. The fraction of sp³-hybridized carbons (Fsp3) is 0.750. The van der Waals surface area contributed by atoms with Crippen LogP contribution in [-0.4, -0.2) is 49.2 Å². The first-order valence-corrected chi connectivity index (χ1v) is 7.99. The number of carboxylic acid groups (broad SMARTS) is 1. The van der Waals surface area contributed by atoms with E-state index in [2.05, 4.69) is 14.8 Å². The van der Waals surface area contributed by atoms with Gasteiger partial charge in [0.25, 0.3) is 0 Å². The molecule has 1 saturated carbocycles. The summed E-state index contributed by atoms with van der Waals surface area (Å²) >= 11 is 0. The number of nitrogens with one attached hydrogen (secondary N) is 1. The molecular formula is C16H25NO7. The third kappa shape index (κ3) is 5.21. The van der Waals surface area contributed by atoms with E-state index in [1.807, 2.05) is 0 Å². The first-order chi connectivity index (χ1) is 11.3. The van der Waals surface area contributed by atoms with Gasteiger partial charge >= 0.3 is 17.9 Å². The smallest absolute Gasteiger partial charge is 0.326 e. The molecule has 0 heterocycles. The molecule has 0 radical (unpaired) electrons. The van der Waals surface area contributed by atoms with Gasteiger partial charge in [-0.2, -0.15) is 0 Å². The van der Waals surface area contributed by atoms with Gasteiger partial charge in [-0.1, -0.05) is 19.8 Å². The Morgan fingerprint density at radius 3 is 2.00 bits per heavy atom.